The lowest BCUT2D eigenvalue weighted by Crippen LogP contribution is -2.25. The Morgan fingerprint density at radius 3 is 2.46 bits per heavy atom. The van der Waals surface area contributed by atoms with E-state index >= 15 is 0 Å². The second kappa shape index (κ2) is 5.50. The second-order valence-electron chi connectivity index (χ2n) is 3.45. The minimum Gasteiger partial charge on any atom is -0.449 e. The molecule has 13 heavy (non-hydrogen) atoms. The number of aliphatic hydroxyl groups excluding tert-OH is 1. The zero-order valence-corrected chi connectivity index (χ0v) is 9.48. The van der Waals surface area contributed by atoms with Crippen molar-refractivity contribution in [2.75, 3.05) is 6.61 Å². The van der Waals surface area contributed by atoms with Gasteiger partial charge in [-0.3, -0.25) is 4.79 Å². The van der Waals surface area contributed by atoms with E-state index in [2.05, 4.69) is 20.8 Å². The van der Waals surface area contributed by atoms with Crippen LogP contribution in [0.15, 0.2) is 0 Å². The molecule has 78 valence electrons. The number of ether oxygens (including phenoxy) is 1. The van der Waals surface area contributed by atoms with Crippen molar-refractivity contribution in [1.29, 1.82) is 0 Å². The topological polar surface area (TPSA) is 46.5 Å². The Morgan fingerprint density at radius 2 is 2.15 bits per heavy atom. The quantitative estimate of drug-likeness (QED) is 0.550. The Hall–Kier alpha value is -0.220. The summed E-state index contributed by atoms with van der Waals surface area (Å²) in [6.45, 7) is 7.40. The lowest BCUT2D eigenvalue weighted by Gasteiger charge is -2.26. The zero-order chi connectivity index (χ0) is 10.5. The van der Waals surface area contributed by atoms with Crippen molar-refractivity contribution in [2.45, 2.75) is 44.3 Å². The Morgan fingerprint density at radius 1 is 1.62 bits per heavy atom. The van der Waals surface area contributed by atoms with Crippen LogP contribution in [0, 0.1) is 0 Å². The highest BCUT2D eigenvalue weighted by Gasteiger charge is 2.23. The first-order chi connectivity index (χ1) is 5.91. The summed E-state index contributed by atoms with van der Waals surface area (Å²) in [7, 11) is 0. The monoisotopic (exact) mass is 206 g/mol. The summed E-state index contributed by atoms with van der Waals surface area (Å²) >= 11 is 1.48. The Balaban J connectivity index is 4.04. The van der Waals surface area contributed by atoms with Crippen molar-refractivity contribution in [1.82, 2.24) is 0 Å². The molecule has 0 bridgehead atoms. The number of aliphatic hydroxyl groups is 1. The van der Waals surface area contributed by atoms with Crippen molar-refractivity contribution in [3.05, 3.63) is 0 Å². The van der Waals surface area contributed by atoms with E-state index in [0.717, 1.165) is 6.42 Å². The maximum absolute atomic E-state index is 10.6. The zero-order valence-electron chi connectivity index (χ0n) is 8.66. The molecule has 0 unspecified atom stereocenters. The maximum Gasteiger partial charge on any atom is 0.303 e. The second-order valence-corrected chi connectivity index (χ2v) is 5.32. The minimum absolute atomic E-state index is 0.0306. The molecule has 0 aromatic carbocycles. The number of rotatable bonds is 5. The number of carbonyl (C=O) groups excluding carboxylic acids is 1. The van der Waals surface area contributed by atoms with Gasteiger partial charge in [-0.2, -0.15) is 0 Å². The third-order valence-corrected chi connectivity index (χ3v) is 3.18. The first kappa shape index (κ1) is 12.8. The predicted octanol–water partition coefficient (Wildman–Crippen LogP) is 1.79. The molecular weight excluding hydrogens is 188 g/mol. The fraction of sp³-hybridized carbons (Fsp3) is 0.889. The van der Waals surface area contributed by atoms with Gasteiger partial charge >= 0.3 is 5.97 Å². The number of hydrogen-bond donors (Lipinski definition) is 1. The van der Waals surface area contributed by atoms with Crippen LogP contribution >= 0.6 is 11.8 Å². The molecule has 0 aromatic rings. The largest absolute Gasteiger partial charge is 0.449 e. The van der Waals surface area contributed by atoms with E-state index in [1.807, 2.05) is 0 Å². The van der Waals surface area contributed by atoms with Gasteiger partial charge in [0, 0.05) is 11.7 Å². The number of carbonyl (C=O) groups is 1. The first-order valence-electron chi connectivity index (χ1n) is 4.37. The summed E-state index contributed by atoms with van der Waals surface area (Å²) in [5, 5.41) is 8.94. The van der Waals surface area contributed by atoms with Crippen molar-refractivity contribution in [3.8, 4) is 0 Å². The van der Waals surface area contributed by atoms with Crippen LogP contribution in [0.5, 0.6) is 0 Å². The highest BCUT2D eigenvalue weighted by atomic mass is 32.2. The summed E-state index contributed by atoms with van der Waals surface area (Å²) in [4.78, 5) is 10.6. The van der Waals surface area contributed by atoms with Crippen molar-refractivity contribution < 1.29 is 14.6 Å². The molecule has 0 radical (unpaired) electrons. The van der Waals surface area contributed by atoms with Crippen LogP contribution in [0.2, 0.25) is 0 Å². The van der Waals surface area contributed by atoms with Gasteiger partial charge in [-0.15, -0.1) is 11.8 Å². The maximum atomic E-state index is 10.6. The van der Waals surface area contributed by atoms with Gasteiger partial charge in [0.1, 0.15) is 0 Å². The van der Waals surface area contributed by atoms with Gasteiger partial charge in [-0.25, -0.2) is 0 Å². The molecule has 0 aromatic heterocycles. The molecule has 3 nitrogen and oxygen atoms in total. The molecule has 0 saturated carbocycles. The lowest BCUT2D eigenvalue weighted by molar-refractivity contribution is -0.143. The fourth-order valence-electron chi connectivity index (χ4n) is 0.723. The van der Waals surface area contributed by atoms with Gasteiger partial charge in [-0.05, 0) is 6.42 Å². The van der Waals surface area contributed by atoms with Crippen LogP contribution < -0.4 is 0 Å². The molecular formula is C9H18O3S. The van der Waals surface area contributed by atoms with Crippen molar-refractivity contribution in [2.24, 2.45) is 0 Å². The molecule has 0 rings (SSSR count). The number of hydrogen-bond acceptors (Lipinski definition) is 4. The van der Waals surface area contributed by atoms with Gasteiger partial charge in [0.25, 0.3) is 0 Å². The molecule has 0 spiro atoms. The van der Waals surface area contributed by atoms with Crippen LogP contribution in [-0.4, -0.2) is 27.9 Å². The Kier molecular flexibility index (Phi) is 5.40. The van der Waals surface area contributed by atoms with Gasteiger partial charge < -0.3 is 9.84 Å². The molecule has 0 aliphatic heterocycles. The van der Waals surface area contributed by atoms with E-state index in [-0.39, 0.29) is 17.3 Å². The molecule has 0 fully saturated rings. The van der Waals surface area contributed by atoms with Crippen LogP contribution in [-0.2, 0) is 9.53 Å². The number of esters is 1. The van der Waals surface area contributed by atoms with Crippen LogP contribution in [0.1, 0.15) is 34.1 Å². The average molecular weight is 206 g/mol. The smallest absolute Gasteiger partial charge is 0.303 e. The highest BCUT2D eigenvalue weighted by molar-refractivity contribution is 8.01. The molecule has 0 amide bonds. The molecule has 1 N–H and O–H groups in total. The standard InChI is InChI=1S/C9H18O3S/c1-5-9(3,4)13-8(6-10)12-7(2)11/h8,10H,5-6H2,1-4H3/t8-/m0/s1. The third-order valence-electron chi connectivity index (χ3n) is 1.75. The lowest BCUT2D eigenvalue weighted by atomic mass is 10.1. The first-order valence-corrected chi connectivity index (χ1v) is 5.25. The summed E-state index contributed by atoms with van der Waals surface area (Å²) in [5.74, 6) is -0.349. The van der Waals surface area contributed by atoms with E-state index in [1.165, 1.54) is 18.7 Å². The van der Waals surface area contributed by atoms with E-state index in [1.54, 1.807) is 0 Å². The molecule has 0 aliphatic carbocycles. The normalized spacial score (nSPS) is 13.9. The molecule has 4 heteroatoms. The fourth-order valence-corrected chi connectivity index (χ4v) is 1.86. The molecule has 1 atom stereocenters. The third kappa shape index (κ3) is 5.93. The molecule has 0 aliphatic rings. The Labute approximate surface area is 83.9 Å². The van der Waals surface area contributed by atoms with Crippen LogP contribution in [0.4, 0.5) is 0 Å². The van der Waals surface area contributed by atoms with Gasteiger partial charge in [0.05, 0.1) is 6.61 Å². The molecule has 0 heterocycles. The van der Waals surface area contributed by atoms with Gasteiger partial charge in [0.2, 0.25) is 0 Å². The van der Waals surface area contributed by atoms with E-state index in [9.17, 15) is 4.79 Å². The predicted molar refractivity (Wildman–Crippen MR) is 54.6 cm³/mol. The van der Waals surface area contributed by atoms with E-state index in [0.29, 0.717) is 0 Å². The van der Waals surface area contributed by atoms with Crippen LogP contribution in [0.3, 0.4) is 0 Å². The molecule has 0 saturated heterocycles. The Bertz CT molecular complexity index is 168. The summed E-state index contributed by atoms with van der Waals surface area (Å²) in [6, 6.07) is 0. The van der Waals surface area contributed by atoms with E-state index < -0.39 is 5.44 Å². The van der Waals surface area contributed by atoms with Crippen LogP contribution in [0.25, 0.3) is 0 Å². The summed E-state index contributed by atoms with van der Waals surface area (Å²) in [5.41, 5.74) is -0.438. The van der Waals surface area contributed by atoms with Gasteiger partial charge in [0.15, 0.2) is 5.44 Å². The minimum atomic E-state index is -0.438. The van der Waals surface area contributed by atoms with Crippen molar-refractivity contribution >= 4 is 17.7 Å². The summed E-state index contributed by atoms with van der Waals surface area (Å²) in [6.07, 6.45) is 0.968. The van der Waals surface area contributed by atoms with Crippen molar-refractivity contribution in [3.63, 3.8) is 0 Å². The van der Waals surface area contributed by atoms with E-state index in [4.69, 9.17) is 9.84 Å². The SMILES string of the molecule is CCC(C)(C)S[C@@H](CO)OC(C)=O. The highest BCUT2D eigenvalue weighted by Crippen LogP contribution is 2.31. The summed E-state index contributed by atoms with van der Waals surface area (Å²) < 4.78 is 4.94. The number of thioether (sulfide) groups is 1. The average Bonchev–Trinajstić information content (AvgIpc) is 2.02. The van der Waals surface area contributed by atoms with Gasteiger partial charge in [-0.1, -0.05) is 20.8 Å².